The van der Waals surface area contributed by atoms with Crippen molar-refractivity contribution in [2.45, 2.75) is 30.2 Å². The van der Waals surface area contributed by atoms with Crippen molar-refractivity contribution in [1.82, 2.24) is 9.21 Å². The van der Waals surface area contributed by atoms with Crippen LogP contribution in [0.3, 0.4) is 0 Å². The molecule has 2 heterocycles. The van der Waals surface area contributed by atoms with Crippen molar-refractivity contribution in [1.29, 1.82) is 0 Å². The van der Waals surface area contributed by atoms with E-state index in [1.165, 1.54) is 6.07 Å². The lowest BCUT2D eigenvalue weighted by molar-refractivity contribution is 0.257. The highest BCUT2D eigenvalue weighted by molar-refractivity contribution is 7.89. The smallest absolute Gasteiger partial charge is 0.244 e. The Morgan fingerprint density at radius 1 is 1.19 bits per heavy atom. The lowest BCUT2D eigenvalue weighted by atomic mass is 10.2. The molecule has 0 aromatic heterocycles. The van der Waals surface area contributed by atoms with Gasteiger partial charge in [0.25, 0.3) is 0 Å². The first-order valence-corrected chi connectivity index (χ1v) is 9.09. The monoisotopic (exact) mass is 329 g/mol. The fourth-order valence-corrected chi connectivity index (χ4v) is 5.27. The summed E-state index contributed by atoms with van der Waals surface area (Å²) in [5.41, 5.74) is 6.13. The fourth-order valence-electron chi connectivity index (χ4n) is 3.25. The minimum absolute atomic E-state index is 0.121. The van der Waals surface area contributed by atoms with Crippen molar-refractivity contribution in [3.8, 4) is 0 Å². The van der Waals surface area contributed by atoms with Crippen LogP contribution in [-0.2, 0) is 10.0 Å². The highest BCUT2D eigenvalue weighted by atomic mass is 35.5. The number of nitrogen functional groups attached to an aromatic ring is 1. The van der Waals surface area contributed by atoms with Crippen LogP contribution in [0.2, 0.25) is 5.02 Å². The topological polar surface area (TPSA) is 66.6 Å². The first-order chi connectivity index (χ1) is 9.98. The fraction of sp³-hybridized carbons (Fsp3) is 0.571. The van der Waals surface area contributed by atoms with Gasteiger partial charge in [-0.25, -0.2) is 8.42 Å². The largest absolute Gasteiger partial charge is 0.399 e. The van der Waals surface area contributed by atoms with E-state index < -0.39 is 10.0 Å². The number of rotatable bonds is 2. The molecule has 0 radical (unpaired) electrons. The van der Waals surface area contributed by atoms with Crippen molar-refractivity contribution >= 4 is 27.3 Å². The van der Waals surface area contributed by atoms with Crippen LogP contribution >= 0.6 is 11.6 Å². The SMILES string of the molecule is Nc1ccc(Cl)c(S(=O)(=O)N2CCCN3CCCC3C2)c1. The van der Waals surface area contributed by atoms with Crippen LogP contribution in [0.25, 0.3) is 0 Å². The Morgan fingerprint density at radius 2 is 1.95 bits per heavy atom. The standard InChI is InChI=1S/C14H20ClN3O2S/c15-13-5-4-11(16)9-14(13)21(19,20)18-8-2-7-17-6-1-3-12(17)10-18/h4-5,9,12H,1-3,6-8,10,16H2. The summed E-state index contributed by atoms with van der Waals surface area (Å²) in [6.07, 6.45) is 3.07. The van der Waals surface area contributed by atoms with Crippen LogP contribution in [0.1, 0.15) is 19.3 Å². The molecule has 0 bridgehead atoms. The Balaban J connectivity index is 1.92. The Morgan fingerprint density at radius 3 is 2.76 bits per heavy atom. The van der Waals surface area contributed by atoms with E-state index in [1.54, 1.807) is 16.4 Å². The summed E-state index contributed by atoms with van der Waals surface area (Å²) in [5.74, 6) is 0. The lowest BCUT2D eigenvalue weighted by Crippen LogP contribution is -2.39. The van der Waals surface area contributed by atoms with Crippen LogP contribution in [0.5, 0.6) is 0 Å². The molecule has 0 aliphatic carbocycles. The van der Waals surface area contributed by atoms with Crippen LogP contribution in [0.15, 0.2) is 23.1 Å². The second kappa shape index (κ2) is 5.76. The van der Waals surface area contributed by atoms with Gasteiger partial charge in [0.15, 0.2) is 0 Å². The average molecular weight is 330 g/mol. The van der Waals surface area contributed by atoms with Crippen LogP contribution < -0.4 is 5.73 Å². The Kier molecular flexibility index (Phi) is 4.14. The second-order valence-electron chi connectivity index (χ2n) is 5.74. The average Bonchev–Trinajstić information content (AvgIpc) is 2.78. The molecule has 116 valence electrons. The van der Waals surface area contributed by atoms with Gasteiger partial charge in [-0.15, -0.1) is 0 Å². The maximum atomic E-state index is 12.9. The zero-order valence-corrected chi connectivity index (χ0v) is 13.4. The van der Waals surface area contributed by atoms with E-state index in [2.05, 4.69) is 4.90 Å². The number of nitrogens with zero attached hydrogens (tertiary/aromatic N) is 2. The quantitative estimate of drug-likeness (QED) is 0.840. The number of fused-ring (bicyclic) bond motifs is 1. The van der Waals surface area contributed by atoms with E-state index >= 15 is 0 Å². The molecule has 0 amide bonds. The zero-order chi connectivity index (χ0) is 15.0. The van der Waals surface area contributed by atoms with Gasteiger partial charge < -0.3 is 5.73 Å². The Bertz CT molecular complexity index is 635. The van der Waals surface area contributed by atoms with E-state index in [1.807, 2.05) is 0 Å². The molecule has 3 rings (SSSR count). The summed E-state index contributed by atoms with van der Waals surface area (Å²) in [4.78, 5) is 2.52. The number of benzene rings is 1. The molecule has 2 fully saturated rings. The van der Waals surface area contributed by atoms with Gasteiger partial charge in [0, 0.05) is 24.8 Å². The molecule has 0 spiro atoms. The lowest BCUT2D eigenvalue weighted by Gasteiger charge is -2.25. The van der Waals surface area contributed by atoms with Gasteiger partial charge in [-0.3, -0.25) is 4.90 Å². The summed E-state index contributed by atoms with van der Waals surface area (Å²) in [6.45, 7) is 3.15. The molecular weight excluding hydrogens is 310 g/mol. The number of anilines is 1. The minimum Gasteiger partial charge on any atom is -0.399 e. The summed E-state index contributed by atoms with van der Waals surface area (Å²) < 4.78 is 27.3. The van der Waals surface area contributed by atoms with Crippen molar-refractivity contribution < 1.29 is 8.42 Å². The normalized spacial score (nSPS) is 24.7. The molecule has 2 saturated heterocycles. The first-order valence-electron chi connectivity index (χ1n) is 7.28. The number of halogens is 1. The number of nitrogens with two attached hydrogens (primary N) is 1. The van der Waals surface area contributed by atoms with Gasteiger partial charge >= 0.3 is 0 Å². The molecule has 5 nitrogen and oxygen atoms in total. The molecule has 2 aliphatic heterocycles. The maximum absolute atomic E-state index is 12.9. The van der Waals surface area contributed by atoms with E-state index in [0.717, 1.165) is 32.4 Å². The third kappa shape index (κ3) is 2.90. The van der Waals surface area contributed by atoms with Gasteiger partial charge in [0.1, 0.15) is 4.90 Å². The molecule has 2 N–H and O–H groups in total. The summed E-state index contributed by atoms with van der Waals surface area (Å²) in [5, 5.41) is 0.233. The van der Waals surface area contributed by atoms with Crippen LogP contribution in [0.4, 0.5) is 5.69 Å². The second-order valence-corrected chi connectivity index (χ2v) is 8.05. The minimum atomic E-state index is -3.58. The third-order valence-corrected chi connectivity index (χ3v) is 6.69. The molecule has 2 aliphatic rings. The maximum Gasteiger partial charge on any atom is 0.244 e. The molecule has 1 unspecified atom stereocenters. The number of hydrogen-bond donors (Lipinski definition) is 1. The van der Waals surface area contributed by atoms with Crippen molar-refractivity contribution in [2.75, 3.05) is 31.9 Å². The molecule has 7 heteroatoms. The number of sulfonamides is 1. The van der Waals surface area contributed by atoms with Gasteiger partial charge in [-0.1, -0.05) is 11.6 Å². The first kappa shape index (κ1) is 15.1. The predicted molar refractivity (Wildman–Crippen MR) is 83.8 cm³/mol. The van der Waals surface area contributed by atoms with Gasteiger partial charge in [-0.05, 0) is 50.6 Å². The van der Waals surface area contributed by atoms with Crippen molar-refractivity contribution in [2.24, 2.45) is 0 Å². The van der Waals surface area contributed by atoms with Crippen LogP contribution in [-0.4, -0.2) is 49.8 Å². The van der Waals surface area contributed by atoms with Gasteiger partial charge in [-0.2, -0.15) is 4.31 Å². The number of hydrogen-bond acceptors (Lipinski definition) is 4. The third-order valence-electron chi connectivity index (χ3n) is 4.34. The predicted octanol–water partition coefficient (Wildman–Crippen LogP) is 1.78. The molecule has 21 heavy (non-hydrogen) atoms. The van der Waals surface area contributed by atoms with E-state index in [0.29, 0.717) is 24.8 Å². The van der Waals surface area contributed by atoms with Crippen LogP contribution in [0, 0.1) is 0 Å². The summed E-state index contributed by atoms with van der Waals surface area (Å²) >= 11 is 6.08. The van der Waals surface area contributed by atoms with E-state index in [9.17, 15) is 8.42 Å². The molecule has 1 aromatic rings. The van der Waals surface area contributed by atoms with Crippen molar-refractivity contribution in [3.05, 3.63) is 23.2 Å². The van der Waals surface area contributed by atoms with Crippen molar-refractivity contribution in [3.63, 3.8) is 0 Å². The molecule has 1 atom stereocenters. The molecular formula is C14H20ClN3O2S. The van der Waals surface area contributed by atoms with E-state index in [4.69, 9.17) is 17.3 Å². The van der Waals surface area contributed by atoms with Gasteiger partial charge in [0.05, 0.1) is 5.02 Å². The summed E-state index contributed by atoms with van der Waals surface area (Å²) in [6, 6.07) is 4.95. The van der Waals surface area contributed by atoms with E-state index in [-0.39, 0.29) is 9.92 Å². The summed E-state index contributed by atoms with van der Waals surface area (Å²) in [7, 11) is -3.58. The molecule has 1 aromatic carbocycles. The van der Waals surface area contributed by atoms with Gasteiger partial charge in [0.2, 0.25) is 10.0 Å². The Labute approximate surface area is 130 Å². The molecule has 0 saturated carbocycles. The highest BCUT2D eigenvalue weighted by Crippen LogP contribution is 2.29. The zero-order valence-electron chi connectivity index (χ0n) is 11.8. The Hall–Kier alpha value is -0.820. The highest BCUT2D eigenvalue weighted by Gasteiger charge is 2.35.